The number of nitrogens with one attached hydrogen (secondary N) is 1. The van der Waals surface area contributed by atoms with Crippen LogP contribution in [0.1, 0.15) is 33.7 Å². The SMILES string of the molecule is NC(=O)c1nn(CC(=O)O)c2cc(C(=O)NSC3CC3)ccc12. The lowest BCUT2D eigenvalue weighted by molar-refractivity contribution is -0.137. The molecule has 0 aliphatic heterocycles. The lowest BCUT2D eigenvalue weighted by atomic mass is 10.1. The lowest BCUT2D eigenvalue weighted by Gasteiger charge is -2.04. The van der Waals surface area contributed by atoms with Crippen LogP contribution in [0.4, 0.5) is 0 Å². The molecule has 2 amide bonds. The maximum absolute atomic E-state index is 12.1. The van der Waals surface area contributed by atoms with Gasteiger partial charge in [-0.3, -0.25) is 23.8 Å². The van der Waals surface area contributed by atoms with E-state index in [0.717, 1.165) is 17.5 Å². The summed E-state index contributed by atoms with van der Waals surface area (Å²) in [7, 11) is 0. The molecule has 1 aliphatic rings. The van der Waals surface area contributed by atoms with Crippen molar-refractivity contribution in [1.82, 2.24) is 14.5 Å². The van der Waals surface area contributed by atoms with Crippen molar-refractivity contribution in [3.63, 3.8) is 0 Å². The molecule has 0 spiro atoms. The second-order valence-electron chi connectivity index (χ2n) is 5.24. The normalized spacial score (nSPS) is 13.9. The zero-order valence-electron chi connectivity index (χ0n) is 12.0. The largest absolute Gasteiger partial charge is 0.480 e. The van der Waals surface area contributed by atoms with Gasteiger partial charge in [0.15, 0.2) is 5.69 Å². The molecule has 1 aromatic heterocycles. The number of carboxylic acids is 1. The summed E-state index contributed by atoms with van der Waals surface area (Å²) in [4.78, 5) is 34.5. The number of nitrogens with zero attached hydrogens (tertiary/aromatic N) is 2. The number of carbonyl (C=O) groups is 3. The number of aliphatic carboxylic acids is 1. The summed E-state index contributed by atoms with van der Waals surface area (Å²) >= 11 is 1.39. The molecule has 1 aliphatic carbocycles. The van der Waals surface area contributed by atoms with Crippen molar-refractivity contribution < 1.29 is 19.5 Å². The minimum atomic E-state index is -1.11. The molecule has 0 atom stereocenters. The number of hydrogen-bond donors (Lipinski definition) is 3. The molecule has 0 bridgehead atoms. The number of primary amides is 1. The summed E-state index contributed by atoms with van der Waals surface area (Å²) in [6.45, 7) is -0.425. The second-order valence-corrected chi connectivity index (χ2v) is 6.35. The first-order valence-electron chi connectivity index (χ1n) is 6.94. The van der Waals surface area contributed by atoms with Crippen LogP contribution in [0.25, 0.3) is 10.9 Å². The number of benzene rings is 1. The maximum Gasteiger partial charge on any atom is 0.325 e. The van der Waals surface area contributed by atoms with Crippen LogP contribution in [0, 0.1) is 0 Å². The zero-order chi connectivity index (χ0) is 16.6. The third-order valence-corrected chi connectivity index (χ3v) is 4.48. The van der Waals surface area contributed by atoms with E-state index in [2.05, 4.69) is 9.82 Å². The van der Waals surface area contributed by atoms with Gasteiger partial charge in [-0.1, -0.05) is 0 Å². The van der Waals surface area contributed by atoms with Gasteiger partial charge in [-0.25, -0.2) is 0 Å². The zero-order valence-corrected chi connectivity index (χ0v) is 12.8. The molecule has 0 radical (unpaired) electrons. The summed E-state index contributed by atoms with van der Waals surface area (Å²) in [5.74, 6) is -2.13. The third-order valence-electron chi connectivity index (χ3n) is 3.37. The van der Waals surface area contributed by atoms with Crippen LogP contribution in [-0.4, -0.2) is 37.9 Å². The quantitative estimate of drug-likeness (QED) is 0.669. The van der Waals surface area contributed by atoms with E-state index in [1.807, 2.05) is 0 Å². The predicted octanol–water partition coefficient (Wildman–Crippen LogP) is 0.760. The number of fused-ring (bicyclic) bond motifs is 1. The van der Waals surface area contributed by atoms with Gasteiger partial charge in [0.2, 0.25) is 0 Å². The van der Waals surface area contributed by atoms with Crippen LogP contribution in [0.15, 0.2) is 18.2 Å². The van der Waals surface area contributed by atoms with Gasteiger partial charge in [0.05, 0.1) is 5.52 Å². The van der Waals surface area contributed by atoms with Crippen LogP contribution in [0.2, 0.25) is 0 Å². The fraction of sp³-hybridized carbons (Fsp3) is 0.286. The Hall–Kier alpha value is -2.55. The molecule has 8 nitrogen and oxygen atoms in total. The van der Waals surface area contributed by atoms with Crippen molar-refractivity contribution in [3.8, 4) is 0 Å². The number of nitrogens with two attached hydrogens (primary N) is 1. The molecule has 0 saturated heterocycles. The summed E-state index contributed by atoms with van der Waals surface area (Å²) in [6, 6.07) is 4.63. The summed E-state index contributed by atoms with van der Waals surface area (Å²) in [5, 5.41) is 13.8. The van der Waals surface area contributed by atoms with E-state index >= 15 is 0 Å². The third kappa shape index (κ3) is 3.29. The standard InChI is InChI=1S/C14H14N4O4S/c15-13(21)12-9-4-1-7(14(22)17-23-8-2-3-8)5-10(9)18(16-12)6-11(19)20/h1,4-5,8H,2-3,6H2,(H2,15,21)(H,17,22)(H,19,20). The van der Waals surface area contributed by atoms with Crippen molar-refractivity contribution >= 4 is 40.6 Å². The average Bonchev–Trinajstić information content (AvgIpc) is 3.26. The van der Waals surface area contributed by atoms with Gasteiger partial charge in [0, 0.05) is 16.2 Å². The number of aromatic nitrogens is 2. The van der Waals surface area contributed by atoms with Gasteiger partial charge in [-0.05, 0) is 43.0 Å². The molecule has 9 heteroatoms. The van der Waals surface area contributed by atoms with Crippen LogP contribution < -0.4 is 10.5 Å². The minimum absolute atomic E-state index is 0.0134. The van der Waals surface area contributed by atoms with E-state index in [1.165, 1.54) is 18.0 Å². The topological polar surface area (TPSA) is 127 Å². The Morgan fingerprint density at radius 2 is 2.13 bits per heavy atom. The molecule has 3 rings (SSSR count). The summed E-state index contributed by atoms with van der Waals surface area (Å²) < 4.78 is 3.91. The van der Waals surface area contributed by atoms with Crippen molar-refractivity contribution in [2.45, 2.75) is 24.6 Å². The first-order chi connectivity index (χ1) is 11.0. The lowest BCUT2D eigenvalue weighted by Crippen LogP contribution is -2.17. The van der Waals surface area contributed by atoms with Gasteiger partial charge in [-0.2, -0.15) is 5.10 Å². The number of rotatable bonds is 6. The molecule has 1 aromatic carbocycles. The molecular formula is C14H14N4O4S. The van der Waals surface area contributed by atoms with E-state index < -0.39 is 18.4 Å². The molecular weight excluding hydrogens is 320 g/mol. The second kappa shape index (κ2) is 5.92. The number of hydrogen-bond acceptors (Lipinski definition) is 5. The van der Waals surface area contributed by atoms with Crippen molar-refractivity contribution in [3.05, 3.63) is 29.5 Å². The number of carbonyl (C=O) groups excluding carboxylic acids is 2. The highest BCUT2D eigenvalue weighted by Gasteiger charge is 2.24. The van der Waals surface area contributed by atoms with Gasteiger partial charge >= 0.3 is 5.97 Å². The smallest absolute Gasteiger partial charge is 0.325 e. The van der Waals surface area contributed by atoms with Gasteiger partial charge < -0.3 is 10.8 Å². The number of amides is 2. The monoisotopic (exact) mass is 334 g/mol. The van der Waals surface area contributed by atoms with Gasteiger partial charge in [0.1, 0.15) is 6.54 Å². The van der Waals surface area contributed by atoms with Crippen molar-refractivity contribution in [2.24, 2.45) is 5.73 Å². The van der Waals surface area contributed by atoms with Crippen LogP contribution in [0.3, 0.4) is 0 Å². The maximum atomic E-state index is 12.1. The summed E-state index contributed by atoms with van der Waals surface area (Å²) in [6.07, 6.45) is 2.19. The fourth-order valence-corrected chi connectivity index (χ4v) is 2.89. The summed E-state index contributed by atoms with van der Waals surface area (Å²) in [5.41, 5.74) is 6.00. The van der Waals surface area contributed by atoms with Crippen LogP contribution in [-0.2, 0) is 11.3 Å². The Morgan fingerprint density at radius 3 is 2.74 bits per heavy atom. The Kier molecular flexibility index (Phi) is 3.95. The molecule has 1 saturated carbocycles. The fourth-order valence-electron chi connectivity index (χ4n) is 2.13. The van der Waals surface area contributed by atoms with Crippen molar-refractivity contribution in [1.29, 1.82) is 0 Å². The Morgan fingerprint density at radius 1 is 1.39 bits per heavy atom. The Labute approximate surface area is 135 Å². The molecule has 23 heavy (non-hydrogen) atoms. The molecule has 1 heterocycles. The van der Waals surface area contributed by atoms with E-state index in [9.17, 15) is 14.4 Å². The van der Waals surface area contributed by atoms with Crippen LogP contribution >= 0.6 is 11.9 Å². The van der Waals surface area contributed by atoms with E-state index in [1.54, 1.807) is 12.1 Å². The molecule has 1 fully saturated rings. The van der Waals surface area contributed by atoms with Crippen molar-refractivity contribution in [2.75, 3.05) is 0 Å². The van der Waals surface area contributed by atoms with Gasteiger partial charge in [-0.15, -0.1) is 0 Å². The van der Waals surface area contributed by atoms with Crippen LogP contribution in [0.5, 0.6) is 0 Å². The highest BCUT2D eigenvalue weighted by molar-refractivity contribution is 7.98. The predicted molar refractivity (Wildman–Crippen MR) is 84.0 cm³/mol. The number of carboxylic acid groups (broad SMARTS) is 1. The van der Waals surface area contributed by atoms with E-state index in [-0.39, 0.29) is 11.6 Å². The molecule has 120 valence electrons. The average molecular weight is 334 g/mol. The first-order valence-corrected chi connectivity index (χ1v) is 7.82. The minimum Gasteiger partial charge on any atom is -0.480 e. The highest BCUT2D eigenvalue weighted by Crippen LogP contribution is 2.32. The Bertz CT molecular complexity index is 812. The molecule has 2 aromatic rings. The first kappa shape index (κ1) is 15.3. The van der Waals surface area contributed by atoms with E-state index in [4.69, 9.17) is 10.8 Å². The molecule has 4 N–H and O–H groups in total. The Balaban J connectivity index is 1.96. The van der Waals surface area contributed by atoms with Gasteiger partial charge in [0.25, 0.3) is 11.8 Å². The highest BCUT2D eigenvalue weighted by atomic mass is 32.2. The molecule has 0 unspecified atom stereocenters. The van der Waals surface area contributed by atoms with E-state index in [0.29, 0.717) is 21.7 Å².